The van der Waals surface area contributed by atoms with Crippen LogP contribution in [0.15, 0.2) is 79.5 Å². The van der Waals surface area contributed by atoms with Crippen molar-refractivity contribution in [3.63, 3.8) is 0 Å². The number of nitrogens with one attached hydrogen (secondary N) is 1. The molecule has 8 heteroatoms. The van der Waals surface area contributed by atoms with E-state index in [1.807, 2.05) is 60.3 Å². The first-order valence-corrected chi connectivity index (χ1v) is 11.2. The Morgan fingerprint density at radius 3 is 2.42 bits per heavy atom. The number of amides is 3. The molecule has 0 aliphatic heterocycles. The van der Waals surface area contributed by atoms with E-state index in [9.17, 15) is 9.59 Å². The molecule has 0 radical (unpaired) electrons. The fourth-order valence-electron chi connectivity index (χ4n) is 3.32. The van der Waals surface area contributed by atoms with Crippen LogP contribution in [0.5, 0.6) is 0 Å². The van der Waals surface area contributed by atoms with Crippen LogP contribution >= 0.6 is 23.2 Å². The molecule has 1 heterocycles. The molecule has 0 spiro atoms. The molecule has 0 fully saturated rings. The summed E-state index contributed by atoms with van der Waals surface area (Å²) in [6.45, 7) is 4.66. The predicted molar refractivity (Wildman–Crippen MR) is 133 cm³/mol. The first kappa shape index (κ1) is 24.4. The van der Waals surface area contributed by atoms with Crippen molar-refractivity contribution in [3.8, 4) is 0 Å². The Bertz CT molecular complexity index is 1110. The Balaban J connectivity index is 1.76. The van der Waals surface area contributed by atoms with Crippen LogP contribution < -0.4 is 5.32 Å². The van der Waals surface area contributed by atoms with Crippen molar-refractivity contribution in [1.29, 1.82) is 0 Å². The van der Waals surface area contributed by atoms with Crippen LogP contribution in [0.1, 0.15) is 11.3 Å². The molecule has 6 nitrogen and oxygen atoms in total. The van der Waals surface area contributed by atoms with Gasteiger partial charge in [-0.05, 0) is 35.9 Å². The van der Waals surface area contributed by atoms with Crippen LogP contribution in [0.2, 0.25) is 10.0 Å². The van der Waals surface area contributed by atoms with Gasteiger partial charge in [0.15, 0.2) is 0 Å². The van der Waals surface area contributed by atoms with E-state index in [0.717, 1.165) is 11.3 Å². The van der Waals surface area contributed by atoms with Gasteiger partial charge in [-0.2, -0.15) is 0 Å². The quantitative estimate of drug-likeness (QED) is 0.403. The summed E-state index contributed by atoms with van der Waals surface area (Å²) in [6, 6.07) is 18.0. The monoisotopic (exact) mass is 484 g/mol. The fourth-order valence-corrected chi connectivity index (χ4v) is 3.77. The number of carbonyl (C=O) groups excluding carboxylic acids is 2. The molecule has 3 rings (SSSR count). The van der Waals surface area contributed by atoms with E-state index in [4.69, 9.17) is 23.2 Å². The average molecular weight is 485 g/mol. The van der Waals surface area contributed by atoms with E-state index >= 15 is 0 Å². The summed E-state index contributed by atoms with van der Waals surface area (Å²) in [5.74, 6) is -0.181. The van der Waals surface area contributed by atoms with E-state index in [1.165, 1.54) is 4.90 Å². The number of hydrogen-bond acceptors (Lipinski definition) is 2. The van der Waals surface area contributed by atoms with Crippen molar-refractivity contribution in [2.45, 2.75) is 13.1 Å². The Labute approximate surface area is 204 Å². The van der Waals surface area contributed by atoms with Crippen molar-refractivity contribution in [2.24, 2.45) is 7.05 Å². The van der Waals surface area contributed by atoms with E-state index in [-0.39, 0.29) is 19.0 Å². The molecule has 2 aromatic carbocycles. The maximum absolute atomic E-state index is 13.4. The highest BCUT2D eigenvalue weighted by molar-refractivity contribution is 6.36. The third-order valence-electron chi connectivity index (χ3n) is 5.11. The van der Waals surface area contributed by atoms with E-state index in [2.05, 4.69) is 11.9 Å². The lowest BCUT2D eigenvalue weighted by atomic mass is 10.2. The molecule has 172 valence electrons. The largest absolute Gasteiger partial charge is 0.353 e. The normalized spacial score (nSPS) is 10.5. The molecule has 0 aliphatic rings. The van der Waals surface area contributed by atoms with Crippen LogP contribution in [0, 0.1) is 0 Å². The Hall–Kier alpha value is -3.22. The van der Waals surface area contributed by atoms with Crippen molar-refractivity contribution in [2.75, 3.05) is 18.4 Å². The molecular formula is C25H26Cl2N4O2. The predicted octanol–water partition coefficient (Wildman–Crippen LogP) is 5.58. The van der Waals surface area contributed by atoms with Gasteiger partial charge in [-0.25, -0.2) is 4.79 Å². The van der Waals surface area contributed by atoms with Gasteiger partial charge in [0.1, 0.15) is 6.54 Å². The molecule has 0 aliphatic carbocycles. The fraction of sp³-hybridized carbons (Fsp3) is 0.200. The second-order valence-corrected chi connectivity index (χ2v) is 8.41. The van der Waals surface area contributed by atoms with Gasteiger partial charge in [0.05, 0.1) is 17.3 Å². The van der Waals surface area contributed by atoms with Crippen molar-refractivity contribution in [1.82, 2.24) is 14.4 Å². The molecule has 33 heavy (non-hydrogen) atoms. The smallest absolute Gasteiger partial charge is 0.322 e. The van der Waals surface area contributed by atoms with Gasteiger partial charge < -0.3 is 19.7 Å². The zero-order chi connectivity index (χ0) is 23.8. The van der Waals surface area contributed by atoms with E-state index in [0.29, 0.717) is 28.8 Å². The molecule has 1 aromatic heterocycles. The zero-order valence-electron chi connectivity index (χ0n) is 18.4. The van der Waals surface area contributed by atoms with E-state index in [1.54, 1.807) is 29.2 Å². The van der Waals surface area contributed by atoms with Crippen LogP contribution in [-0.4, -0.2) is 39.4 Å². The van der Waals surface area contributed by atoms with Crippen molar-refractivity contribution >= 4 is 40.8 Å². The molecule has 3 aromatic rings. The first-order valence-electron chi connectivity index (χ1n) is 10.4. The summed E-state index contributed by atoms with van der Waals surface area (Å²) in [5.41, 5.74) is 2.41. The summed E-state index contributed by atoms with van der Waals surface area (Å²) in [7, 11) is 1.94. The number of halogens is 2. The molecular weight excluding hydrogens is 459 g/mol. The minimum atomic E-state index is -0.453. The number of aromatic nitrogens is 1. The van der Waals surface area contributed by atoms with Gasteiger partial charge in [-0.1, -0.05) is 59.6 Å². The van der Waals surface area contributed by atoms with Crippen molar-refractivity contribution < 1.29 is 9.59 Å². The number of nitrogens with zero attached hydrogens (tertiary/aromatic N) is 3. The molecule has 1 N–H and O–H groups in total. The van der Waals surface area contributed by atoms with Gasteiger partial charge in [0, 0.05) is 37.1 Å². The number of urea groups is 1. The lowest BCUT2D eigenvalue weighted by Gasteiger charge is -2.27. The van der Waals surface area contributed by atoms with E-state index < -0.39 is 6.03 Å². The summed E-state index contributed by atoms with van der Waals surface area (Å²) in [4.78, 5) is 29.4. The highest BCUT2D eigenvalue weighted by atomic mass is 35.5. The highest BCUT2D eigenvalue weighted by Crippen LogP contribution is 2.25. The lowest BCUT2D eigenvalue weighted by molar-refractivity contribution is -0.133. The molecule has 0 bridgehead atoms. The topological polar surface area (TPSA) is 57.6 Å². The number of carbonyl (C=O) groups is 2. The Kier molecular flexibility index (Phi) is 8.58. The lowest BCUT2D eigenvalue weighted by Crippen LogP contribution is -2.44. The molecule has 3 amide bonds. The number of benzene rings is 2. The van der Waals surface area contributed by atoms with Crippen LogP contribution in [0.25, 0.3) is 0 Å². The number of hydrogen-bond donors (Lipinski definition) is 1. The van der Waals surface area contributed by atoms with Crippen LogP contribution in [-0.2, 0) is 24.9 Å². The first-order chi connectivity index (χ1) is 15.9. The Morgan fingerprint density at radius 1 is 1.03 bits per heavy atom. The maximum Gasteiger partial charge on any atom is 0.322 e. The third kappa shape index (κ3) is 6.88. The summed E-state index contributed by atoms with van der Waals surface area (Å²) >= 11 is 12.1. The standard InChI is InChI=1S/C25H26Cl2N4O2/c1-3-13-30(25(33)28-23-12-11-20(26)15-22(23)27)18-24(32)31(16-19-8-5-4-6-9-19)17-21-10-7-14-29(21)2/h3-12,14-15H,1,13,16-18H2,2H3,(H,28,33). The number of anilines is 1. The van der Waals surface area contributed by atoms with Gasteiger partial charge in [-0.3, -0.25) is 4.79 Å². The minimum Gasteiger partial charge on any atom is -0.353 e. The second kappa shape index (κ2) is 11.6. The average Bonchev–Trinajstić information content (AvgIpc) is 3.20. The third-order valence-corrected chi connectivity index (χ3v) is 5.66. The number of aryl methyl sites for hydroxylation is 1. The van der Waals surface area contributed by atoms with Gasteiger partial charge in [-0.15, -0.1) is 6.58 Å². The van der Waals surface area contributed by atoms with Gasteiger partial charge in [0.2, 0.25) is 5.91 Å². The maximum atomic E-state index is 13.4. The summed E-state index contributed by atoms with van der Waals surface area (Å²) in [6.07, 6.45) is 3.52. The van der Waals surface area contributed by atoms with Crippen molar-refractivity contribution in [3.05, 3.63) is 101 Å². The molecule has 0 atom stereocenters. The molecule has 0 unspecified atom stereocenters. The Morgan fingerprint density at radius 2 is 1.79 bits per heavy atom. The minimum absolute atomic E-state index is 0.111. The summed E-state index contributed by atoms with van der Waals surface area (Å²) < 4.78 is 1.97. The van der Waals surface area contributed by atoms with Gasteiger partial charge >= 0.3 is 6.03 Å². The second-order valence-electron chi connectivity index (χ2n) is 7.57. The van der Waals surface area contributed by atoms with Crippen LogP contribution in [0.3, 0.4) is 0 Å². The van der Waals surface area contributed by atoms with Gasteiger partial charge in [0.25, 0.3) is 0 Å². The van der Waals surface area contributed by atoms with Crippen LogP contribution in [0.4, 0.5) is 10.5 Å². The summed E-state index contributed by atoms with van der Waals surface area (Å²) in [5, 5.41) is 3.53. The molecule has 0 saturated heterocycles. The zero-order valence-corrected chi connectivity index (χ0v) is 19.9. The number of rotatable bonds is 9. The molecule has 0 saturated carbocycles. The highest BCUT2D eigenvalue weighted by Gasteiger charge is 2.22. The SMILES string of the molecule is C=CCN(CC(=O)N(Cc1ccccc1)Cc1cccn1C)C(=O)Nc1ccc(Cl)cc1Cl.